The van der Waals surface area contributed by atoms with Crippen molar-refractivity contribution in [1.82, 2.24) is 9.97 Å². The van der Waals surface area contributed by atoms with Crippen LogP contribution in [0.2, 0.25) is 0 Å². The second-order valence-corrected chi connectivity index (χ2v) is 11.5. The Morgan fingerprint density at radius 2 is 1.73 bits per heavy atom. The average molecular weight is 541 g/mol. The predicted octanol–water partition coefficient (Wildman–Crippen LogP) is 6.09. The quantitative estimate of drug-likeness (QED) is 0.302. The van der Waals surface area contributed by atoms with Gasteiger partial charge in [0.1, 0.15) is 29.5 Å². The molecule has 7 nitrogen and oxygen atoms in total. The van der Waals surface area contributed by atoms with Crippen molar-refractivity contribution >= 4 is 5.97 Å². The summed E-state index contributed by atoms with van der Waals surface area (Å²) >= 11 is 0. The molecule has 2 fully saturated rings. The van der Waals surface area contributed by atoms with Crippen molar-refractivity contribution in [2.75, 3.05) is 0 Å². The van der Waals surface area contributed by atoms with Crippen LogP contribution in [0.15, 0.2) is 76.8 Å². The summed E-state index contributed by atoms with van der Waals surface area (Å²) in [5.74, 6) is 1.56. The van der Waals surface area contributed by atoms with Gasteiger partial charge in [0.05, 0.1) is 11.3 Å². The Morgan fingerprint density at radius 1 is 0.975 bits per heavy atom. The maximum absolute atomic E-state index is 13.4. The predicted molar refractivity (Wildman–Crippen MR) is 151 cm³/mol. The molecule has 6 rings (SSSR count). The van der Waals surface area contributed by atoms with Gasteiger partial charge in [-0.2, -0.15) is 0 Å². The van der Waals surface area contributed by atoms with Gasteiger partial charge in [0.15, 0.2) is 0 Å². The number of ether oxygens (including phenoxy) is 2. The van der Waals surface area contributed by atoms with E-state index in [2.05, 4.69) is 22.1 Å². The molecule has 2 aliphatic carbocycles. The van der Waals surface area contributed by atoms with E-state index in [-0.39, 0.29) is 35.1 Å². The molecule has 0 radical (unpaired) electrons. The normalized spacial score (nSPS) is 21.4. The van der Waals surface area contributed by atoms with Crippen molar-refractivity contribution < 1.29 is 19.4 Å². The van der Waals surface area contributed by atoms with E-state index in [9.17, 15) is 14.7 Å². The molecule has 208 valence electrons. The van der Waals surface area contributed by atoms with Crippen LogP contribution in [0, 0.1) is 5.92 Å². The lowest BCUT2D eigenvalue weighted by molar-refractivity contribution is -0.167. The van der Waals surface area contributed by atoms with Crippen molar-refractivity contribution in [2.24, 2.45) is 5.92 Å². The molecule has 40 heavy (non-hydrogen) atoms. The topological polar surface area (TPSA) is 102 Å². The highest BCUT2D eigenvalue weighted by molar-refractivity contribution is 5.90. The maximum Gasteiger partial charge on any atom is 0.338 e. The van der Waals surface area contributed by atoms with Gasteiger partial charge < -0.3 is 19.6 Å². The Bertz CT molecular complexity index is 1440. The highest BCUT2D eigenvalue weighted by Crippen LogP contribution is 2.46. The van der Waals surface area contributed by atoms with Crippen LogP contribution in [0.1, 0.15) is 79.9 Å². The number of hydrogen-bond donors (Lipinski definition) is 2. The van der Waals surface area contributed by atoms with Gasteiger partial charge in [0.2, 0.25) is 0 Å². The van der Waals surface area contributed by atoms with Crippen LogP contribution in [0.5, 0.6) is 5.75 Å². The molecule has 1 aromatic heterocycles. The lowest BCUT2D eigenvalue weighted by Crippen LogP contribution is -2.46. The number of cyclic esters (lactones) is 1. The van der Waals surface area contributed by atoms with Gasteiger partial charge in [0, 0.05) is 24.8 Å². The van der Waals surface area contributed by atoms with Gasteiger partial charge in [-0.1, -0.05) is 55.3 Å². The first kappa shape index (κ1) is 26.4. The van der Waals surface area contributed by atoms with Crippen LogP contribution in [-0.2, 0) is 29.0 Å². The summed E-state index contributed by atoms with van der Waals surface area (Å²) in [5.41, 5.74) is 2.00. The Hall–Kier alpha value is -3.87. The number of rotatable bonds is 10. The maximum atomic E-state index is 13.4. The number of aryl methyl sites for hydroxylation is 1. The first-order chi connectivity index (χ1) is 19.5. The lowest BCUT2D eigenvalue weighted by atomic mass is 9.76. The first-order valence-corrected chi connectivity index (χ1v) is 14.5. The number of aliphatic hydroxyl groups is 1. The Kier molecular flexibility index (Phi) is 7.46. The average Bonchev–Trinajstić information content (AvgIpc) is 3.67. The van der Waals surface area contributed by atoms with E-state index in [1.165, 1.54) is 6.07 Å². The third-order valence-corrected chi connectivity index (χ3v) is 8.60. The molecular formula is C33H36N2O5. The largest absolute Gasteiger partial charge is 0.512 e. The zero-order valence-corrected chi connectivity index (χ0v) is 22.7. The van der Waals surface area contributed by atoms with Crippen LogP contribution in [0.4, 0.5) is 0 Å². The van der Waals surface area contributed by atoms with Crippen molar-refractivity contribution in [2.45, 2.75) is 82.3 Å². The van der Waals surface area contributed by atoms with E-state index in [0.29, 0.717) is 31.0 Å². The fraction of sp³-hybridized carbons (Fsp3) is 0.424. The van der Waals surface area contributed by atoms with Crippen LogP contribution >= 0.6 is 0 Å². The van der Waals surface area contributed by atoms with Crippen molar-refractivity contribution in [1.29, 1.82) is 0 Å². The number of H-pyrrole nitrogens is 1. The fourth-order valence-corrected chi connectivity index (χ4v) is 6.19. The molecule has 0 saturated heterocycles. The number of aromatic amines is 1. The molecule has 2 aromatic carbocycles. The van der Waals surface area contributed by atoms with Crippen LogP contribution in [0.25, 0.3) is 0 Å². The van der Waals surface area contributed by atoms with Crippen molar-refractivity contribution in [3.8, 4) is 5.75 Å². The van der Waals surface area contributed by atoms with E-state index in [4.69, 9.17) is 9.47 Å². The lowest BCUT2D eigenvalue weighted by Gasteiger charge is -2.42. The molecule has 2 saturated carbocycles. The Labute approximate surface area is 234 Å². The van der Waals surface area contributed by atoms with Crippen molar-refractivity contribution in [3.63, 3.8) is 0 Å². The number of carbonyl (C=O) groups is 1. The molecule has 3 aromatic rings. The monoisotopic (exact) mass is 540 g/mol. The summed E-state index contributed by atoms with van der Waals surface area (Å²) < 4.78 is 12.2. The zero-order valence-electron chi connectivity index (χ0n) is 22.7. The highest BCUT2D eigenvalue weighted by atomic mass is 16.6. The fourth-order valence-electron chi connectivity index (χ4n) is 6.19. The van der Waals surface area contributed by atoms with Gasteiger partial charge in [-0.05, 0) is 67.7 Å². The number of nitrogens with zero attached hydrogens (tertiary/aromatic N) is 1. The van der Waals surface area contributed by atoms with Gasteiger partial charge >= 0.3 is 5.97 Å². The molecule has 2 N–H and O–H groups in total. The molecule has 2 heterocycles. The summed E-state index contributed by atoms with van der Waals surface area (Å²) in [7, 11) is 0. The van der Waals surface area contributed by atoms with Crippen LogP contribution < -0.4 is 10.3 Å². The van der Waals surface area contributed by atoms with Crippen molar-refractivity contribution in [3.05, 3.63) is 105 Å². The number of carbonyl (C=O) groups excluding carboxylic acids is 1. The molecule has 1 unspecified atom stereocenters. The minimum absolute atomic E-state index is 0.0721. The second-order valence-electron chi connectivity index (χ2n) is 11.5. The molecule has 0 spiro atoms. The minimum Gasteiger partial charge on any atom is -0.512 e. The number of benzene rings is 2. The Morgan fingerprint density at radius 3 is 2.42 bits per heavy atom. The standard InChI is InChI=1S/C33H36N2O5/c36-29-20-33(25-8-4-5-9-25,17-16-22-10-14-27(15-11-22)39-21-23-6-2-1-3-7-23)40-32(38)28(29)18-26-19-30(37)35-31(34-26)24-12-13-24/h1-3,6-7,10-11,14-15,19,24-25,36H,4-5,8-9,12-13,16-18,20-21H2,(H,34,35,37). The second kappa shape index (κ2) is 11.3. The van der Waals surface area contributed by atoms with Gasteiger partial charge in [-0.15, -0.1) is 0 Å². The van der Waals surface area contributed by atoms with Gasteiger partial charge in [0.25, 0.3) is 5.56 Å². The van der Waals surface area contributed by atoms with E-state index in [0.717, 1.165) is 61.8 Å². The summed E-state index contributed by atoms with van der Waals surface area (Å²) in [4.78, 5) is 32.9. The SMILES string of the molecule is O=C1OC(CCc2ccc(OCc3ccccc3)cc2)(C2CCCC2)CC(O)=C1Cc1cc(=O)[nH]c(C2CC2)n1. The number of aromatic nitrogens is 2. The molecule has 3 aliphatic rings. The van der Waals surface area contributed by atoms with E-state index in [1.807, 2.05) is 42.5 Å². The number of aliphatic hydroxyl groups excluding tert-OH is 1. The van der Waals surface area contributed by atoms with E-state index in [1.54, 1.807) is 0 Å². The van der Waals surface area contributed by atoms with Gasteiger partial charge in [-0.25, -0.2) is 9.78 Å². The molecule has 1 aliphatic heterocycles. The van der Waals surface area contributed by atoms with E-state index >= 15 is 0 Å². The molecule has 0 amide bonds. The zero-order chi connectivity index (χ0) is 27.5. The smallest absolute Gasteiger partial charge is 0.338 e. The Balaban J connectivity index is 1.15. The summed E-state index contributed by atoms with van der Waals surface area (Å²) in [6, 6.07) is 19.6. The highest BCUT2D eigenvalue weighted by Gasteiger charge is 2.48. The summed E-state index contributed by atoms with van der Waals surface area (Å²) in [5, 5.41) is 11.2. The third kappa shape index (κ3) is 5.98. The third-order valence-electron chi connectivity index (χ3n) is 8.60. The number of nitrogens with one attached hydrogen (secondary N) is 1. The number of esters is 1. The van der Waals surface area contributed by atoms with Crippen LogP contribution in [-0.4, -0.2) is 26.6 Å². The first-order valence-electron chi connectivity index (χ1n) is 14.5. The summed E-state index contributed by atoms with van der Waals surface area (Å²) in [6.45, 7) is 0.518. The summed E-state index contributed by atoms with van der Waals surface area (Å²) in [6.07, 6.45) is 7.97. The minimum atomic E-state index is -0.732. The van der Waals surface area contributed by atoms with Gasteiger partial charge in [-0.3, -0.25) is 4.79 Å². The van der Waals surface area contributed by atoms with E-state index < -0.39 is 11.6 Å². The van der Waals surface area contributed by atoms with Crippen LogP contribution in [0.3, 0.4) is 0 Å². The number of hydrogen-bond acceptors (Lipinski definition) is 6. The molecular weight excluding hydrogens is 504 g/mol. The molecule has 0 bridgehead atoms. The molecule has 7 heteroatoms. The molecule has 1 atom stereocenters.